The summed E-state index contributed by atoms with van der Waals surface area (Å²) in [4.78, 5) is -0.752. The first-order valence-electron chi connectivity index (χ1n) is 6.82. The fourth-order valence-electron chi connectivity index (χ4n) is 2.33. The highest BCUT2D eigenvalue weighted by atomic mass is 32.2. The number of nitrogens with two attached hydrogens (primary N) is 1. The fourth-order valence-corrected chi connectivity index (χ4v) is 3.49. The van der Waals surface area contributed by atoms with E-state index in [1.54, 1.807) is 0 Å². The summed E-state index contributed by atoms with van der Waals surface area (Å²) in [6, 6.07) is 1.67. The molecule has 0 amide bonds. The maximum absolute atomic E-state index is 13.6. The fraction of sp³-hybridized carbons (Fsp3) is 0.429. The largest absolute Gasteiger partial charge is 0.399 e. The first-order chi connectivity index (χ1) is 9.90. The lowest BCUT2D eigenvalue weighted by Gasteiger charge is -2.13. The molecule has 0 fully saturated rings. The Labute approximate surface area is 123 Å². The number of rotatable bonds is 5. The highest BCUT2D eigenvalue weighted by molar-refractivity contribution is 7.89. The molecule has 0 aromatic heterocycles. The minimum Gasteiger partial charge on any atom is -0.399 e. The van der Waals surface area contributed by atoms with Crippen LogP contribution in [0.25, 0.3) is 0 Å². The summed E-state index contributed by atoms with van der Waals surface area (Å²) in [7, 11) is -4.11. The summed E-state index contributed by atoms with van der Waals surface area (Å²) in [5.74, 6) is -2.68. The molecule has 4 nitrogen and oxygen atoms in total. The average molecular weight is 316 g/mol. The topological polar surface area (TPSA) is 72.2 Å². The number of hydrogen-bond donors (Lipinski definition) is 2. The SMILES string of the molecule is Nc1cc(F)c(F)c(S(=O)(=O)NCCC2=CCCCC2)c1. The van der Waals surface area contributed by atoms with Crippen LogP contribution in [-0.2, 0) is 10.0 Å². The van der Waals surface area contributed by atoms with Gasteiger partial charge in [-0.2, -0.15) is 0 Å². The summed E-state index contributed by atoms with van der Waals surface area (Å²) in [6.07, 6.45) is 6.92. The van der Waals surface area contributed by atoms with E-state index < -0.39 is 26.6 Å². The summed E-state index contributed by atoms with van der Waals surface area (Å²) >= 11 is 0. The van der Waals surface area contributed by atoms with E-state index in [0.29, 0.717) is 6.42 Å². The lowest BCUT2D eigenvalue weighted by molar-refractivity contribution is 0.484. The van der Waals surface area contributed by atoms with E-state index in [9.17, 15) is 17.2 Å². The van der Waals surface area contributed by atoms with Crippen molar-refractivity contribution in [2.45, 2.75) is 37.0 Å². The van der Waals surface area contributed by atoms with E-state index in [1.807, 2.05) is 0 Å². The summed E-state index contributed by atoms with van der Waals surface area (Å²) in [5.41, 5.74) is 6.43. The highest BCUT2D eigenvalue weighted by Gasteiger charge is 2.22. The van der Waals surface area contributed by atoms with E-state index in [2.05, 4.69) is 10.8 Å². The molecule has 1 aromatic rings. The van der Waals surface area contributed by atoms with Crippen molar-refractivity contribution in [3.05, 3.63) is 35.4 Å². The van der Waals surface area contributed by atoms with Gasteiger partial charge in [-0.1, -0.05) is 11.6 Å². The molecule has 0 aliphatic heterocycles. The summed E-state index contributed by atoms with van der Waals surface area (Å²) in [6.45, 7) is 0.157. The van der Waals surface area contributed by atoms with Crippen LogP contribution < -0.4 is 10.5 Å². The maximum atomic E-state index is 13.6. The molecule has 3 N–H and O–H groups in total. The third-order valence-electron chi connectivity index (χ3n) is 3.43. The van der Waals surface area contributed by atoms with Crippen LogP contribution >= 0.6 is 0 Å². The van der Waals surface area contributed by atoms with Crippen LogP contribution in [-0.4, -0.2) is 15.0 Å². The van der Waals surface area contributed by atoms with Crippen molar-refractivity contribution < 1.29 is 17.2 Å². The zero-order valence-corrected chi connectivity index (χ0v) is 12.3. The number of nitrogen functional groups attached to an aromatic ring is 1. The Morgan fingerprint density at radius 1 is 1.24 bits per heavy atom. The average Bonchev–Trinajstić information content (AvgIpc) is 2.43. The van der Waals surface area contributed by atoms with Gasteiger partial charge in [-0.05, 0) is 44.2 Å². The van der Waals surface area contributed by atoms with Crippen LogP contribution in [0.4, 0.5) is 14.5 Å². The lowest BCUT2D eigenvalue weighted by Crippen LogP contribution is -2.26. The third-order valence-corrected chi connectivity index (χ3v) is 4.89. The van der Waals surface area contributed by atoms with Gasteiger partial charge < -0.3 is 5.73 Å². The molecular formula is C14H18F2N2O2S. The van der Waals surface area contributed by atoms with E-state index in [4.69, 9.17) is 5.73 Å². The van der Waals surface area contributed by atoms with E-state index in [1.165, 1.54) is 5.57 Å². The second kappa shape index (κ2) is 6.53. The van der Waals surface area contributed by atoms with Gasteiger partial charge in [0.1, 0.15) is 4.90 Å². The lowest BCUT2D eigenvalue weighted by atomic mass is 9.97. The quantitative estimate of drug-likeness (QED) is 0.648. The second-order valence-corrected chi connectivity index (χ2v) is 6.81. The smallest absolute Gasteiger partial charge is 0.243 e. The third kappa shape index (κ3) is 4.01. The van der Waals surface area contributed by atoms with Crippen molar-refractivity contribution >= 4 is 15.7 Å². The molecule has 1 aliphatic rings. The monoisotopic (exact) mass is 316 g/mol. The predicted molar refractivity (Wildman–Crippen MR) is 77.1 cm³/mol. The number of sulfonamides is 1. The number of benzene rings is 1. The van der Waals surface area contributed by atoms with Crippen molar-refractivity contribution in [3.8, 4) is 0 Å². The zero-order valence-electron chi connectivity index (χ0n) is 11.5. The normalized spacial score (nSPS) is 15.8. The van der Waals surface area contributed by atoms with Gasteiger partial charge in [-0.25, -0.2) is 21.9 Å². The van der Waals surface area contributed by atoms with E-state index in [-0.39, 0.29) is 12.2 Å². The highest BCUT2D eigenvalue weighted by Crippen LogP contribution is 2.22. The molecule has 0 unspecified atom stereocenters. The summed E-state index contributed by atoms with van der Waals surface area (Å²) < 4.78 is 53.1. The van der Waals surface area contributed by atoms with Crippen molar-refractivity contribution in [2.75, 3.05) is 12.3 Å². The molecule has 2 rings (SSSR count). The summed E-state index contributed by atoms with van der Waals surface area (Å²) in [5, 5.41) is 0. The number of anilines is 1. The number of hydrogen-bond acceptors (Lipinski definition) is 3. The minimum atomic E-state index is -4.11. The van der Waals surface area contributed by atoms with Crippen LogP contribution in [0.2, 0.25) is 0 Å². The second-order valence-electron chi connectivity index (χ2n) is 5.07. The van der Waals surface area contributed by atoms with Gasteiger partial charge in [-0.3, -0.25) is 0 Å². The zero-order chi connectivity index (χ0) is 15.5. The molecule has 0 saturated carbocycles. The van der Waals surface area contributed by atoms with Gasteiger partial charge in [0.05, 0.1) is 0 Å². The van der Waals surface area contributed by atoms with Gasteiger partial charge >= 0.3 is 0 Å². The minimum absolute atomic E-state index is 0.135. The Balaban J connectivity index is 2.06. The Bertz CT molecular complexity index is 657. The van der Waals surface area contributed by atoms with Gasteiger partial charge in [0.15, 0.2) is 11.6 Å². The van der Waals surface area contributed by atoms with Gasteiger partial charge in [-0.15, -0.1) is 0 Å². The van der Waals surface area contributed by atoms with Crippen LogP contribution in [0.1, 0.15) is 32.1 Å². The first-order valence-corrected chi connectivity index (χ1v) is 8.30. The van der Waals surface area contributed by atoms with Gasteiger partial charge in [0, 0.05) is 12.2 Å². The predicted octanol–water partition coefficient (Wildman–Crippen LogP) is 2.72. The molecule has 116 valence electrons. The Morgan fingerprint density at radius 2 is 2.00 bits per heavy atom. The van der Waals surface area contributed by atoms with Crippen molar-refractivity contribution in [2.24, 2.45) is 0 Å². The first kappa shape index (κ1) is 15.9. The standard InChI is InChI=1S/C14H18F2N2O2S/c15-12-8-11(17)9-13(14(12)16)21(19,20)18-7-6-10-4-2-1-3-5-10/h4,8-9,18H,1-3,5-7,17H2. The molecule has 0 atom stereocenters. The molecule has 7 heteroatoms. The molecule has 21 heavy (non-hydrogen) atoms. The Hall–Kier alpha value is -1.47. The number of halogens is 2. The van der Waals surface area contributed by atoms with Crippen molar-refractivity contribution in [1.29, 1.82) is 0 Å². The molecule has 1 aliphatic carbocycles. The van der Waals surface area contributed by atoms with E-state index in [0.717, 1.165) is 37.8 Å². The van der Waals surface area contributed by atoms with Crippen molar-refractivity contribution in [3.63, 3.8) is 0 Å². The molecule has 1 aromatic carbocycles. The van der Waals surface area contributed by atoms with Crippen LogP contribution in [0.15, 0.2) is 28.7 Å². The van der Waals surface area contributed by atoms with Gasteiger partial charge in [0.25, 0.3) is 0 Å². The number of nitrogens with one attached hydrogen (secondary N) is 1. The molecule has 0 spiro atoms. The van der Waals surface area contributed by atoms with Gasteiger partial charge in [0.2, 0.25) is 10.0 Å². The van der Waals surface area contributed by atoms with E-state index >= 15 is 0 Å². The molecule has 0 heterocycles. The number of allylic oxidation sites excluding steroid dienone is 1. The molecule has 0 radical (unpaired) electrons. The maximum Gasteiger partial charge on any atom is 0.243 e. The molecule has 0 bridgehead atoms. The van der Waals surface area contributed by atoms with Crippen LogP contribution in [0.5, 0.6) is 0 Å². The Morgan fingerprint density at radius 3 is 2.67 bits per heavy atom. The molecule has 0 saturated heterocycles. The molecular weight excluding hydrogens is 298 g/mol. The van der Waals surface area contributed by atoms with Crippen LogP contribution in [0, 0.1) is 11.6 Å². The Kier molecular flexibility index (Phi) is 4.95. The van der Waals surface area contributed by atoms with Crippen LogP contribution in [0.3, 0.4) is 0 Å². The van der Waals surface area contributed by atoms with Crippen molar-refractivity contribution in [1.82, 2.24) is 4.72 Å².